The maximum absolute atomic E-state index is 12.0. The van der Waals surface area contributed by atoms with Gasteiger partial charge >= 0.3 is 0 Å². The Hall–Kier alpha value is -3.13. The molecular formula is C18H20N4O4. The van der Waals surface area contributed by atoms with Gasteiger partial charge in [0.2, 0.25) is 5.91 Å². The fourth-order valence-electron chi connectivity index (χ4n) is 2.50. The number of pyridine rings is 1. The Balaban J connectivity index is 1.49. The van der Waals surface area contributed by atoms with Crippen LogP contribution in [0.5, 0.6) is 5.75 Å². The smallest absolute Gasteiger partial charge is 0.262 e. The molecule has 26 heavy (non-hydrogen) atoms. The summed E-state index contributed by atoms with van der Waals surface area (Å²) in [7, 11) is 0. The number of ether oxygens (including phenoxy) is 2. The SMILES string of the molecule is NC(=O)c1ccc(OCC(=O)Nc2ccc(N3CCOCC3)nc2)cc1. The van der Waals surface area contributed by atoms with Crippen molar-refractivity contribution in [2.75, 3.05) is 43.1 Å². The molecule has 1 aliphatic rings. The van der Waals surface area contributed by atoms with E-state index in [-0.39, 0.29) is 12.5 Å². The predicted molar refractivity (Wildman–Crippen MR) is 96.4 cm³/mol. The van der Waals surface area contributed by atoms with Gasteiger partial charge in [0.1, 0.15) is 11.6 Å². The first-order chi connectivity index (χ1) is 12.6. The molecule has 136 valence electrons. The van der Waals surface area contributed by atoms with Gasteiger partial charge < -0.3 is 25.4 Å². The van der Waals surface area contributed by atoms with Gasteiger partial charge in [-0.2, -0.15) is 0 Å². The molecule has 0 radical (unpaired) electrons. The normalized spacial score (nSPS) is 13.9. The quantitative estimate of drug-likeness (QED) is 0.801. The van der Waals surface area contributed by atoms with E-state index < -0.39 is 5.91 Å². The van der Waals surface area contributed by atoms with Gasteiger partial charge in [-0.3, -0.25) is 9.59 Å². The number of carbonyl (C=O) groups is 2. The van der Waals surface area contributed by atoms with E-state index in [0.717, 1.165) is 18.9 Å². The first kappa shape index (κ1) is 17.7. The minimum Gasteiger partial charge on any atom is -0.484 e. The second-order valence-corrected chi connectivity index (χ2v) is 5.73. The van der Waals surface area contributed by atoms with Crippen LogP contribution in [0.1, 0.15) is 10.4 Å². The van der Waals surface area contributed by atoms with E-state index in [9.17, 15) is 9.59 Å². The standard InChI is InChI=1S/C18H20N4O4/c19-18(24)13-1-4-15(5-2-13)26-12-17(23)21-14-3-6-16(20-11-14)22-7-9-25-10-8-22/h1-6,11H,7-10,12H2,(H2,19,24)(H,21,23). The molecule has 3 rings (SSSR count). The lowest BCUT2D eigenvalue weighted by Crippen LogP contribution is -2.36. The molecule has 1 fully saturated rings. The van der Waals surface area contributed by atoms with Crippen LogP contribution in [0.2, 0.25) is 0 Å². The molecule has 8 heteroatoms. The summed E-state index contributed by atoms with van der Waals surface area (Å²) in [5.74, 6) is 0.523. The maximum atomic E-state index is 12.0. The molecule has 0 bridgehead atoms. The van der Waals surface area contributed by atoms with Crippen molar-refractivity contribution >= 4 is 23.3 Å². The molecule has 0 atom stereocenters. The zero-order chi connectivity index (χ0) is 18.4. The summed E-state index contributed by atoms with van der Waals surface area (Å²) in [6, 6.07) is 9.94. The highest BCUT2D eigenvalue weighted by Gasteiger charge is 2.12. The van der Waals surface area contributed by atoms with Crippen molar-refractivity contribution in [1.29, 1.82) is 0 Å². The average molecular weight is 356 g/mol. The molecular weight excluding hydrogens is 336 g/mol. The molecule has 1 aromatic heterocycles. The number of hydrogen-bond acceptors (Lipinski definition) is 6. The number of aromatic nitrogens is 1. The molecule has 1 saturated heterocycles. The number of rotatable bonds is 6. The van der Waals surface area contributed by atoms with Gasteiger partial charge in [-0.15, -0.1) is 0 Å². The predicted octanol–water partition coefficient (Wildman–Crippen LogP) is 1.03. The van der Waals surface area contributed by atoms with Crippen molar-refractivity contribution in [3.63, 3.8) is 0 Å². The van der Waals surface area contributed by atoms with Gasteiger partial charge in [0.25, 0.3) is 5.91 Å². The Morgan fingerprint density at radius 3 is 2.50 bits per heavy atom. The van der Waals surface area contributed by atoms with Crippen molar-refractivity contribution in [3.8, 4) is 5.75 Å². The lowest BCUT2D eigenvalue weighted by molar-refractivity contribution is -0.118. The number of primary amides is 1. The number of morpholine rings is 1. The first-order valence-electron chi connectivity index (χ1n) is 8.23. The Morgan fingerprint density at radius 2 is 1.88 bits per heavy atom. The molecule has 2 heterocycles. The van der Waals surface area contributed by atoms with E-state index in [1.165, 1.54) is 0 Å². The highest BCUT2D eigenvalue weighted by Crippen LogP contribution is 2.16. The van der Waals surface area contributed by atoms with Crippen LogP contribution in [0.25, 0.3) is 0 Å². The van der Waals surface area contributed by atoms with Crippen LogP contribution in [0, 0.1) is 0 Å². The second kappa shape index (κ2) is 8.30. The van der Waals surface area contributed by atoms with Gasteiger partial charge in [-0.1, -0.05) is 0 Å². The summed E-state index contributed by atoms with van der Waals surface area (Å²) >= 11 is 0. The number of nitrogens with two attached hydrogens (primary N) is 1. The molecule has 2 aromatic rings. The van der Waals surface area contributed by atoms with Crippen molar-refractivity contribution in [2.45, 2.75) is 0 Å². The van der Waals surface area contributed by atoms with Crippen LogP contribution in [0.15, 0.2) is 42.6 Å². The molecule has 1 aliphatic heterocycles. The fraction of sp³-hybridized carbons (Fsp3) is 0.278. The van der Waals surface area contributed by atoms with Crippen LogP contribution >= 0.6 is 0 Å². The van der Waals surface area contributed by atoms with Crippen molar-refractivity contribution < 1.29 is 19.1 Å². The van der Waals surface area contributed by atoms with Crippen LogP contribution in [0.3, 0.4) is 0 Å². The number of nitrogens with zero attached hydrogens (tertiary/aromatic N) is 2. The number of hydrogen-bond donors (Lipinski definition) is 2. The number of nitrogens with one attached hydrogen (secondary N) is 1. The molecule has 0 spiro atoms. The largest absolute Gasteiger partial charge is 0.484 e. The van der Waals surface area contributed by atoms with Gasteiger partial charge in [0.05, 0.1) is 25.1 Å². The van der Waals surface area contributed by atoms with Crippen LogP contribution in [-0.4, -0.2) is 49.7 Å². The number of anilines is 2. The monoisotopic (exact) mass is 356 g/mol. The molecule has 0 saturated carbocycles. The maximum Gasteiger partial charge on any atom is 0.262 e. The first-order valence-corrected chi connectivity index (χ1v) is 8.23. The van der Waals surface area contributed by atoms with Crippen molar-refractivity contribution in [3.05, 3.63) is 48.2 Å². The number of amides is 2. The van der Waals surface area contributed by atoms with E-state index in [1.54, 1.807) is 36.5 Å². The third-order valence-corrected chi connectivity index (χ3v) is 3.88. The van der Waals surface area contributed by atoms with E-state index in [1.807, 2.05) is 6.07 Å². The minimum absolute atomic E-state index is 0.152. The highest BCUT2D eigenvalue weighted by molar-refractivity contribution is 5.93. The molecule has 3 N–H and O–H groups in total. The van der Waals surface area contributed by atoms with E-state index in [4.69, 9.17) is 15.2 Å². The third kappa shape index (κ3) is 4.70. The zero-order valence-electron chi connectivity index (χ0n) is 14.2. The lowest BCUT2D eigenvalue weighted by atomic mass is 10.2. The van der Waals surface area contributed by atoms with E-state index >= 15 is 0 Å². The van der Waals surface area contributed by atoms with Gasteiger partial charge in [0.15, 0.2) is 6.61 Å². The Bertz CT molecular complexity index is 756. The summed E-state index contributed by atoms with van der Waals surface area (Å²) in [5.41, 5.74) is 6.15. The van der Waals surface area contributed by atoms with E-state index in [2.05, 4.69) is 15.2 Å². The third-order valence-electron chi connectivity index (χ3n) is 3.88. The number of benzene rings is 1. The highest BCUT2D eigenvalue weighted by atomic mass is 16.5. The summed E-state index contributed by atoms with van der Waals surface area (Å²) < 4.78 is 10.7. The van der Waals surface area contributed by atoms with Gasteiger partial charge in [0, 0.05) is 18.7 Å². The Kier molecular flexibility index (Phi) is 5.65. The summed E-state index contributed by atoms with van der Waals surface area (Å²) in [5, 5.41) is 2.73. The Morgan fingerprint density at radius 1 is 1.15 bits per heavy atom. The molecule has 0 unspecified atom stereocenters. The van der Waals surface area contributed by atoms with Crippen molar-refractivity contribution in [2.24, 2.45) is 5.73 Å². The molecule has 2 amide bonds. The van der Waals surface area contributed by atoms with Crippen LogP contribution in [-0.2, 0) is 9.53 Å². The average Bonchev–Trinajstić information content (AvgIpc) is 2.68. The zero-order valence-corrected chi connectivity index (χ0v) is 14.2. The number of carbonyl (C=O) groups excluding carboxylic acids is 2. The summed E-state index contributed by atoms with van der Waals surface area (Å²) in [6.07, 6.45) is 1.62. The molecule has 1 aromatic carbocycles. The van der Waals surface area contributed by atoms with Gasteiger partial charge in [-0.05, 0) is 36.4 Å². The van der Waals surface area contributed by atoms with Gasteiger partial charge in [-0.25, -0.2) is 4.98 Å². The minimum atomic E-state index is -0.512. The summed E-state index contributed by atoms with van der Waals surface area (Å²) in [6.45, 7) is 2.85. The second-order valence-electron chi connectivity index (χ2n) is 5.73. The summed E-state index contributed by atoms with van der Waals surface area (Å²) in [4.78, 5) is 29.5. The topological polar surface area (TPSA) is 107 Å². The molecule has 0 aliphatic carbocycles. The Labute approximate surface area is 150 Å². The van der Waals surface area contributed by atoms with Crippen molar-refractivity contribution in [1.82, 2.24) is 4.98 Å². The molecule has 8 nitrogen and oxygen atoms in total. The van der Waals surface area contributed by atoms with E-state index in [0.29, 0.717) is 30.2 Å². The fourth-order valence-corrected chi connectivity index (χ4v) is 2.50. The van der Waals surface area contributed by atoms with Crippen LogP contribution < -0.4 is 20.7 Å². The van der Waals surface area contributed by atoms with Crippen LogP contribution in [0.4, 0.5) is 11.5 Å². The lowest BCUT2D eigenvalue weighted by Gasteiger charge is -2.27.